The lowest BCUT2D eigenvalue weighted by Gasteiger charge is -2.23. The molecule has 0 fully saturated rings. The van der Waals surface area contributed by atoms with Crippen molar-refractivity contribution in [2.75, 3.05) is 0 Å². The maximum absolute atomic E-state index is 14.2. The standard InChI is InChI=1S/C39H37ClN8O5/c1-22-6-8-23(9-7-22)16-34(49)32(21-37-45-47-48-46-37)43-38(52)28(20-36(41)51)19-35(50)31(15-24-10-11-25-4-2-3-5-26(25)14-24)44-39(53)33-18-27-17-29(40)12-13-30(27)42-33/h2-14,17-18,28,31-32,42H,15-16,19-21H2,1H3,(H2,41,51)(H,43,52)(H,44,53)(H,45,46,47,48)/t28-,31-,32-/m0/s1. The van der Waals surface area contributed by atoms with E-state index in [4.69, 9.17) is 17.3 Å². The Labute approximate surface area is 309 Å². The van der Waals surface area contributed by atoms with E-state index >= 15 is 0 Å². The minimum Gasteiger partial charge on any atom is -0.370 e. The monoisotopic (exact) mass is 732 g/mol. The quantitative estimate of drug-likeness (QED) is 0.0976. The Balaban J connectivity index is 1.24. The first-order valence-corrected chi connectivity index (χ1v) is 17.4. The molecule has 13 nitrogen and oxygen atoms in total. The number of aryl methyl sites for hydroxylation is 1. The highest BCUT2D eigenvalue weighted by Crippen LogP contribution is 2.22. The van der Waals surface area contributed by atoms with Gasteiger partial charge >= 0.3 is 0 Å². The summed E-state index contributed by atoms with van der Waals surface area (Å²) in [7, 11) is 0. The number of benzene rings is 4. The van der Waals surface area contributed by atoms with Gasteiger partial charge in [0.2, 0.25) is 11.8 Å². The predicted octanol–water partition coefficient (Wildman–Crippen LogP) is 4.13. The number of nitrogens with one attached hydrogen (secondary N) is 4. The van der Waals surface area contributed by atoms with Crippen LogP contribution in [-0.2, 0) is 38.4 Å². The minimum absolute atomic E-state index is 0.00230. The molecule has 3 atom stereocenters. The first kappa shape index (κ1) is 36.6. The van der Waals surface area contributed by atoms with Crippen molar-refractivity contribution in [2.45, 2.75) is 51.1 Å². The highest BCUT2D eigenvalue weighted by molar-refractivity contribution is 6.31. The lowest BCUT2D eigenvalue weighted by molar-refractivity contribution is -0.134. The summed E-state index contributed by atoms with van der Waals surface area (Å²) in [6.07, 6.45) is -0.903. The molecule has 270 valence electrons. The molecule has 0 saturated carbocycles. The molecule has 3 amide bonds. The van der Waals surface area contributed by atoms with Crippen LogP contribution in [0.5, 0.6) is 0 Å². The number of hydrogen-bond donors (Lipinski definition) is 5. The molecule has 14 heteroatoms. The van der Waals surface area contributed by atoms with E-state index in [-0.39, 0.29) is 36.6 Å². The van der Waals surface area contributed by atoms with Crippen LogP contribution < -0.4 is 16.4 Å². The van der Waals surface area contributed by atoms with Crippen molar-refractivity contribution in [2.24, 2.45) is 11.7 Å². The van der Waals surface area contributed by atoms with Gasteiger partial charge in [0, 0.05) is 41.6 Å². The van der Waals surface area contributed by atoms with Crippen LogP contribution in [0.15, 0.2) is 91.0 Å². The van der Waals surface area contributed by atoms with Crippen LogP contribution in [0.25, 0.3) is 21.7 Å². The molecule has 0 radical (unpaired) electrons. The van der Waals surface area contributed by atoms with Gasteiger partial charge in [-0.15, -0.1) is 10.2 Å². The maximum Gasteiger partial charge on any atom is 0.268 e. The Hall–Kier alpha value is -6.21. The van der Waals surface area contributed by atoms with Gasteiger partial charge in [-0.25, -0.2) is 0 Å². The average molecular weight is 733 g/mol. The summed E-state index contributed by atoms with van der Waals surface area (Å²) in [4.78, 5) is 70.5. The second kappa shape index (κ2) is 16.4. The van der Waals surface area contributed by atoms with E-state index in [1.807, 2.05) is 73.7 Å². The predicted molar refractivity (Wildman–Crippen MR) is 199 cm³/mol. The van der Waals surface area contributed by atoms with Crippen LogP contribution in [0, 0.1) is 12.8 Å². The van der Waals surface area contributed by atoms with E-state index < -0.39 is 54.3 Å². The summed E-state index contributed by atoms with van der Waals surface area (Å²) < 4.78 is 0. The summed E-state index contributed by atoms with van der Waals surface area (Å²) in [5, 5.41) is 22.5. The largest absolute Gasteiger partial charge is 0.370 e. The number of H-pyrrole nitrogens is 2. The fourth-order valence-electron chi connectivity index (χ4n) is 6.21. The van der Waals surface area contributed by atoms with Crippen molar-refractivity contribution in [3.05, 3.63) is 124 Å². The van der Waals surface area contributed by atoms with Crippen molar-refractivity contribution in [3.8, 4) is 0 Å². The van der Waals surface area contributed by atoms with Crippen molar-refractivity contribution in [1.29, 1.82) is 0 Å². The van der Waals surface area contributed by atoms with E-state index in [0.29, 0.717) is 15.9 Å². The minimum atomic E-state index is -1.24. The number of ketones is 2. The number of nitrogens with zero attached hydrogens (tertiary/aromatic N) is 3. The number of aromatic amines is 2. The third-order valence-corrected chi connectivity index (χ3v) is 9.26. The Morgan fingerprint density at radius 2 is 1.51 bits per heavy atom. The van der Waals surface area contributed by atoms with E-state index in [9.17, 15) is 24.0 Å². The first-order chi connectivity index (χ1) is 25.5. The third-order valence-electron chi connectivity index (χ3n) is 9.02. The van der Waals surface area contributed by atoms with Gasteiger partial charge in [-0.05, 0) is 59.5 Å². The molecule has 53 heavy (non-hydrogen) atoms. The van der Waals surface area contributed by atoms with Gasteiger partial charge in [-0.1, -0.05) is 89.1 Å². The molecule has 0 saturated heterocycles. The molecule has 0 aliphatic carbocycles. The van der Waals surface area contributed by atoms with Crippen LogP contribution in [0.3, 0.4) is 0 Å². The van der Waals surface area contributed by atoms with E-state index in [2.05, 4.69) is 36.2 Å². The fraction of sp³-hybridized carbons (Fsp3) is 0.231. The number of halogens is 1. The molecule has 0 aliphatic rings. The molecular weight excluding hydrogens is 696 g/mol. The molecule has 2 heterocycles. The number of rotatable bonds is 16. The number of amides is 3. The topological polar surface area (TPSA) is 206 Å². The van der Waals surface area contributed by atoms with Crippen LogP contribution in [0.4, 0.5) is 0 Å². The number of primary amides is 1. The molecule has 6 rings (SSSR count). The Bertz CT molecular complexity index is 2290. The van der Waals surface area contributed by atoms with Crippen molar-refractivity contribution in [3.63, 3.8) is 0 Å². The van der Waals surface area contributed by atoms with E-state index in [1.54, 1.807) is 24.3 Å². The second-order valence-corrected chi connectivity index (χ2v) is 13.5. The van der Waals surface area contributed by atoms with Gasteiger partial charge in [-0.3, -0.25) is 24.0 Å². The Morgan fingerprint density at radius 1 is 0.774 bits per heavy atom. The van der Waals surface area contributed by atoms with E-state index in [1.165, 1.54) is 0 Å². The zero-order valence-corrected chi connectivity index (χ0v) is 29.5. The summed E-state index contributed by atoms with van der Waals surface area (Å²) in [6, 6.07) is 25.5. The number of Topliss-reactive ketones (excluding diaryl/α,β-unsaturated/α-hetero) is 2. The zero-order chi connectivity index (χ0) is 37.5. The van der Waals surface area contributed by atoms with Crippen molar-refractivity contribution in [1.82, 2.24) is 36.2 Å². The molecule has 0 unspecified atom stereocenters. The smallest absolute Gasteiger partial charge is 0.268 e. The van der Waals surface area contributed by atoms with Gasteiger partial charge in [0.25, 0.3) is 5.91 Å². The summed E-state index contributed by atoms with van der Waals surface area (Å²) in [5.74, 6) is -3.99. The molecule has 0 bridgehead atoms. The molecule has 0 spiro atoms. The average Bonchev–Trinajstić information content (AvgIpc) is 3.81. The van der Waals surface area contributed by atoms with Crippen molar-refractivity contribution >= 4 is 62.6 Å². The van der Waals surface area contributed by atoms with E-state index in [0.717, 1.165) is 27.5 Å². The lowest BCUT2D eigenvalue weighted by Crippen LogP contribution is -2.48. The van der Waals surface area contributed by atoms with Crippen LogP contribution >= 0.6 is 11.6 Å². The molecule has 0 aliphatic heterocycles. The maximum atomic E-state index is 14.2. The van der Waals surface area contributed by atoms with Crippen LogP contribution in [0.1, 0.15) is 45.8 Å². The third kappa shape index (κ3) is 9.57. The molecule has 6 N–H and O–H groups in total. The fourth-order valence-corrected chi connectivity index (χ4v) is 6.39. The highest BCUT2D eigenvalue weighted by atomic mass is 35.5. The SMILES string of the molecule is Cc1ccc(CC(=O)[C@H](Cc2nn[nH]n2)NC(=O)[C@H](CC(N)=O)CC(=O)[C@H](Cc2ccc3ccccc3c2)NC(=O)c2cc3cc(Cl)ccc3[nH]2)cc1. The number of nitrogens with two attached hydrogens (primary N) is 1. The summed E-state index contributed by atoms with van der Waals surface area (Å²) in [6.45, 7) is 1.93. The zero-order valence-electron chi connectivity index (χ0n) is 28.8. The van der Waals surface area contributed by atoms with Gasteiger partial charge in [0.1, 0.15) is 5.69 Å². The summed E-state index contributed by atoms with van der Waals surface area (Å²) in [5.41, 5.74) is 8.99. The number of aromatic nitrogens is 5. The van der Waals surface area contributed by atoms with Gasteiger partial charge in [-0.2, -0.15) is 5.21 Å². The van der Waals surface area contributed by atoms with Crippen LogP contribution in [-0.4, -0.2) is 67.0 Å². The van der Waals surface area contributed by atoms with Crippen molar-refractivity contribution < 1.29 is 24.0 Å². The van der Waals surface area contributed by atoms with Gasteiger partial charge in [0.05, 0.1) is 18.0 Å². The number of carbonyl (C=O) groups is 5. The number of tetrazole rings is 1. The van der Waals surface area contributed by atoms with Crippen LogP contribution in [0.2, 0.25) is 5.02 Å². The number of hydrogen-bond acceptors (Lipinski definition) is 8. The molecule has 6 aromatic rings. The number of carbonyl (C=O) groups excluding carboxylic acids is 5. The molecule has 4 aromatic carbocycles. The highest BCUT2D eigenvalue weighted by Gasteiger charge is 2.32. The molecular formula is C39H37ClN8O5. The molecule has 2 aromatic heterocycles. The Morgan fingerprint density at radius 3 is 2.25 bits per heavy atom. The van der Waals surface area contributed by atoms with Gasteiger partial charge in [0.15, 0.2) is 17.4 Å². The number of fused-ring (bicyclic) bond motifs is 2. The summed E-state index contributed by atoms with van der Waals surface area (Å²) >= 11 is 6.15. The van der Waals surface area contributed by atoms with Gasteiger partial charge < -0.3 is 21.4 Å². The first-order valence-electron chi connectivity index (χ1n) is 17.0. The Kier molecular flexibility index (Phi) is 11.3. The lowest BCUT2D eigenvalue weighted by atomic mass is 9.90. The second-order valence-electron chi connectivity index (χ2n) is 13.1. The normalized spacial score (nSPS) is 12.9.